The van der Waals surface area contributed by atoms with E-state index >= 15 is 0 Å². The molecule has 0 saturated heterocycles. The number of ether oxygens (including phenoxy) is 3. The molecule has 0 aliphatic carbocycles. The topological polar surface area (TPSA) is 78.9 Å². The first-order chi connectivity index (χ1) is 27.7. The van der Waals surface area contributed by atoms with Gasteiger partial charge in [-0.15, -0.1) is 58.8 Å². The molecule has 0 aromatic rings. The molecule has 19 heteroatoms. The number of esters is 3. The Hall–Kier alpha value is 0.880. The minimum atomic E-state index is -0.177. The van der Waals surface area contributed by atoms with Gasteiger partial charge in [-0.1, -0.05) is 115 Å². The van der Waals surface area contributed by atoms with Gasteiger partial charge in [-0.25, -0.2) is 0 Å². The van der Waals surface area contributed by atoms with E-state index in [4.69, 9.17) is 14.2 Å². The van der Waals surface area contributed by atoms with Crippen molar-refractivity contribution in [2.24, 2.45) is 0 Å². The molecule has 0 spiro atoms. The Bertz CT molecular complexity index is 1650. The number of thioether (sulfide) groups is 13. The van der Waals surface area contributed by atoms with Gasteiger partial charge in [0.05, 0.1) is 73.0 Å². The van der Waals surface area contributed by atoms with Crippen LogP contribution in [-0.4, -0.2) is 60.1 Å². The fourth-order valence-electron chi connectivity index (χ4n) is 4.56. The summed E-state index contributed by atoms with van der Waals surface area (Å²) in [6.45, 7) is 13.4. The summed E-state index contributed by atoms with van der Waals surface area (Å²) in [6, 6.07) is 0. The first-order valence-corrected chi connectivity index (χ1v) is 30.0. The number of carbonyl (C=O) groups is 3. The van der Waals surface area contributed by atoms with E-state index in [9.17, 15) is 14.4 Å². The second-order valence-corrected chi connectivity index (χ2v) is 27.8. The summed E-state index contributed by atoms with van der Waals surface area (Å²) in [5.74, 6) is 1.52. The summed E-state index contributed by atoms with van der Waals surface area (Å²) in [7, 11) is 0. The summed E-state index contributed by atoms with van der Waals surface area (Å²) < 4.78 is 26.8. The van der Waals surface area contributed by atoms with Crippen LogP contribution in [0.2, 0.25) is 0 Å². The standard InChI is InChI=1S/C38H48O6S13/c1-7-24-25(8-2)51-30(50-24)13-15-33-56-37(47-22-19-29(41)44-12-6)38(57-33)49-23-48-34-26(9-3)52-31(53-34)14-16-32-54-35(45-20-17-27(39)42-10-4)36(55-32)46-21-18-28(40)43-11-5/h13-16H,7-12,17-23H2,1-6H3. The van der Waals surface area contributed by atoms with Crippen LogP contribution in [0.1, 0.15) is 80.1 Å². The molecule has 0 fully saturated rings. The van der Waals surface area contributed by atoms with Crippen LogP contribution >= 0.6 is 153 Å². The van der Waals surface area contributed by atoms with Gasteiger partial charge in [-0.3, -0.25) is 14.4 Å². The Balaban J connectivity index is 1.35. The molecule has 0 N–H and O–H groups in total. The van der Waals surface area contributed by atoms with E-state index in [1.807, 2.05) is 115 Å². The molecule has 314 valence electrons. The molecule has 0 atom stereocenters. The van der Waals surface area contributed by atoms with Crippen LogP contribution in [0.5, 0.6) is 0 Å². The van der Waals surface area contributed by atoms with E-state index < -0.39 is 0 Å². The molecule has 4 heterocycles. The molecule has 4 aliphatic rings. The van der Waals surface area contributed by atoms with Crippen LogP contribution < -0.4 is 0 Å². The summed E-state index contributed by atoms with van der Waals surface area (Å²) >= 11 is 23.6. The normalized spacial score (nSPS) is 18.6. The van der Waals surface area contributed by atoms with Crippen molar-refractivity contribution < 1.29 is 28.6 Å². The zero-order valence-corrected chi connectivity index (χ0v) is 43.4. The first-order valence-electron chi connectivity index (χ1n) is 18.5. The summed E-state index contributed by atoms with van der Waals surface area (Å²) in [6.07, 6.45) is 13.3. The number of rotatable bonds is 24. The second kappa shape index (κ2) is 28.5. The zero-order chi connectivity index (χ0) is 41.0. The van der Waals surface area contributed by atoms with E-state index in [-0.39, 0.29) is 17.9 Å². The SMILES string of the molecule is CCOC(=O)CCSC1=C(SCCC(=O)OCC)SC(=CC=C2SC(CC)=C(SCSC3=C(SCCC(=O)OCC)SC(=CC=C4SC(CC)=C(CC)S4)S3)S2)S1. The molecule has 0 unspecified atom stereocenters. The fraction of sp³-hybridized carbons (Fsp3) is 0.500. The number of carbonyl (C=O) groups excluding carboxylic acids is 3. The van der Waals surface area contributed by atoms with Gasteiger partial charge in [0.25, 0.3) is 0 Å². The molecular formula is C38H48O6S13. The summed E-state index contributed by atoms with van der Waals surface area (Å²) in [5, 5.41) is 0.906. The van der Waals surface area contributed by atoms with Crippen LogP contribution in [-0.2, 0) is 28.6 Å². The highest BCUT2D eigenvalue weighted by atomic mass is 32.3. The van der Waals surface area contributed by atoms with Crippen molar-refractivity contribution in [1.29, 1.82) is 0 Å². The third-order valence-electron chi connectivity index (χ3n) is 7.10. The monoisotopic (exact) mass is 1020 g/mol. The van der Waals surface area contributed by atoms with Gasteiger partial charge in [-0.05, 0) is 74.1 Å². The maximum absolute atomic E-state index is 12.1. The lowest BCUT2D eigenvalue weighted by Gasteiger charge is -2.06. The molecular weight excluding hydrogens is 969 g/mol. The number of hydrogen-bond acceptors (Lipinski definition) is 19. The fourth-order valence-corrected chi connectivity index (χ4v) is 23.1. The van der Waals surface area contributed by atoms with Gasteiger partial charge < -0.3 is 14.2 Å². The minimum absolute atomic E-state index is 0.140. The Morgan fingerprint density at radius 1 is 0.421 bits per heavy atom. The first kappa shape index (κ1) is 50.5. The third-order valence-corrected chi connectivity index (χ3v) is 25.1. The molecule has 0 bridgehead atoms. The molecule has 4 aliphatic heterocycles. The van der Waals surface area contributed by atoms with Crippen molar-refractivity contribution in [3.05, 3.63) is 77.2 Å². The predicted octanol–water partition coefficient (Wildman–Crippen LogP) is 15.6. The van der Waals surface area contributed by atoms with Crippen LogP contribution in [0.25, 0.3) is 0 Å². The zero-order valence-electron chi connectivity index (χ0n) is 32.8. The van der Waals surface area contributed by atoms with Crippen molar-refractivity contribution in [3.8, 4) is 0 Å². The van der Waals surface area contributed by atoms with E-state index in [0.717, 1.165) is 24.3 Å². The smallest absolute Gasteiger partial charge is 0.306 e. The molecule has 0 amide bonds. The Morgan fingerprint density at radius 2 is 0.719 bits per heavy atom. The Labute approximate surface area is 394 Å². The van der Waals surface area contributed by atoms with E-state index in [1.54, 1.807) is 58.8 Å². The highest BCUT2D eigenvalue weighted by Crippen LogP contribution is 2.61. The second-order valence-electron chi connectivity index (χ2n) is 11.1. The van der Waals surface area contributed by atoms with Crippen molar-refractivity contribution >= 4 is 171 Å². The van der Waals surface area contributed by atoms with Gasteiger partial charge in [0.1, 0.15) is 0 Å². The summed E-state index contributed by atoms with van der Waals surface area (Å²) in [5.41, 5.74) is 0. The van der Waals surface area contributed by atoms with Crippen molar-refractivity contribution in [3.63, 3.8) is 0 Å². The van der Waals surface area contributed by atoms with E-state index in [0.29, 0.717) is 56.3 Å². The Morgan fingerprint density at radius 3 is 1.09 bits per heavy atom. The lowest BCUT2D eigenvalue weighted by atomic mass is 10.3. The number of hydrogen-bond donors (Lipinski definition) is 0. The van der Waals surface area contributed by atoms with Gasteiger partial charge in [0, 0.05) is 31.5 Å². The largest absolute Gasteiger partial charge is 0.466 e. The van der Waals surface area contributed by atoms with Crippen molar-refractivity contribution in [1.82, 2.24) is 0 Å². The van der Waals surface area contributed by atoms with Crippen LogP contribution in [0.15, 0.2) is 77.2 Å². The molecule has 0 aromatic heterocycles. The van der Waals surface area contributed by atoms with Crippen molar-refractivity contribution in [2.75, 3.05) is 42.2 Å². The van der Waals surface area contributed by atoms with E-state index in [2.05, 4.69) is 45.1 Å². The quantitative estimate of drug-likeness (QED) is 0.0522. The highest BCUT2D eigenvalue weighted by molar-refractivity contribution is 8.43. The summed E-state index contributed by atoms with van der Waals surface area (Å²) in [4.78, 5) is 40.4. The van der Waals surface area contributed by atoms with Gasteiger partial charge in [-0.2, -0.15) is 0 Å². The third kappa shape index (κ3) is 17.9. The molecule has 0 saturated carbocycles. The van der Waals surface area contributed by atoms with Crippen LogP contribution in [0.4, 0.5) is 0 Å². The number of allylic oxidation sites excluding steroid dienone is 7. The van der Waals surface area contributed by atoms with Gasteiger partial charge >= 0.3 is 17.9 Å². The van der Waals surface area contributed by atoms with Crippen LogP contribution in [0.3, 0.4) is 0 Å². The van der Waals surface area contributed by atoms with Crippen LogP contribution in [0, 0.1) is 0 Å². The highest BCUT2D eigenvalue weighted by Gasteiger charge is 2.26. The maximum Gasteiger partial charge on any atom is 0.306 e. The molecule has 6 nitrogen and oxygen atoms in total. The minimum Gasteiger partial charge on any atom is -0.466 e. The van der Waals surface area contributed by atoms with E-state index in [1.165, 1.54) is 52.8 Å². The molecule has 4 rings (SSSR count). The average molecular weight is 1020 g/mol. The van der Waals surface area contributed by atoms with Crippen molar-refractivity contribution in [2.45, 2.75) is 80.1 Å². The average Bonchev–Trinajstić information content (AvgIpc) is 3.98. The van der Waals surface area contributed by atoms with Gasteiger partial charge in [0.15, 0.2) is 0 Å². The maximum atomic E-state index is 12.1. The predicted molar refractivity (Wildman–Crippen MR) is 273 cm³/mol. The Kier molecular flexibility index (Phi) is 25.3. The molecule has 0 aromatic carbocycles. The van der Waals surface area contributed by atoms with Gasteiger partial charge in [0.2, 0.25) is 0 Å². The molecule has 57 heavy (non-hydrogen) atoms. The lowest BCUT2D eigenvalue weighted by molar-refractivity contribution is -0.143. The lowest BCUT2D eigenvalue weighted by Crippen LogP contribution is -2.04. The molecule has 0 radical (unpaired) electrons.